The normalized spacial score (nSPS) is 13.5. The molecule has 12 N–H and O–H groups in total. The molecule has 0 radical (unpaired) electrons. The fourth-order valence-corrected chi connectivity index (χ4v) is 2.44. The van der Waals surface area contributed by atoms with Crippen molar-refractivity contribution in [2.45, 2.75) is 64.2 Å². The van der Waals surface area contributed by atoms with E-state index in [0.717, 1.165) is 0 Å². The van der Waals surface area contributed by atoms with Crippen LogP contribution in [0.4, 0.5) is 0 Å². The number of hydrogen-bond acceptors (Lipinski definition) is 8. The lowest BCUT2D eigenvalue weighted by Gasteiger charge is -2.23. The minimum atomic E-state index is -1.47. The predicted molar refractivity (Wildman–Crippen MR) is 118 cm³/mol. The molecule has 0 aromatic carbocycles. The van der Waals surface area contributed by atoms with Crippen molar-refractivity contribution in [2.24, 2.45) is 16.5 Å². The number of carboxylic acid groups (broad SMARTS) is 1. The minimum Gasteiger partial charge on any atom is -0.481 e. The molecule has 188 valence electrons. The molecule has 15 nitrogen and oxygen atoms in total. The average Bonchev–Trinajstić information content (AvgIpc) is 2.68. The highest BCUT2D eigenvalue weighted by molar-refractivity contribution is 5.95. The SMILES string of the molecule is CC(=O)N[C@@H](CCCN=C(N)N)C(=O)N[C@@H](C)C(=O)N[C@@H](CC(=O)O)C(=O)N[C@@H](C)C=O.N. The zero-order valence-corrected chi connectivity index (χ0v) is 18.9. The molecule has 0 aliphatic heterocycles. The number of rotatable bonds is 14. The van der Waals surface area contributed by atoms with Crippen LogP contribution < -0.4 is 38.9 Å². The highest BCUT2D eigenvalue weighted by Crippen LogP contribution is 2.01. The molecule has 0 spiro atoms. The molecule has 4 atom stereocenters. The zero-order chi connectivity index (χ0) is 24.8. The number of hydrogen-bond donors (Lipinski definition) is 8. The van der Waals surface area contributed by atoms with Gasteiger partial charge in [0.2, 0.25) is 23.6 Å². The number of guanidine groups is 1. The van der Waals surface area contributed by atoms with Crippen LogP contribution in [-0.2, 0) is 28.8 Å². The number of aliphatic carboxylic acids is 1. The van der Waals surface area contributed by atoms with E-state index in [1.54, 1.807) is 0 Å². The number of carbonyl (C=O) groups excluding carboxylic acids is 5. The molecule has 0 bridgehead atoms. The van der Waals surface area contributed by atoms with Gasteiger partial charge >= 0.3 is 5.97 Å². The van der Waals surface area contributed by atoms with Gasteiger partial charge in [0.1, 0.15) is 24.4 Å². The number of aliphatic imine (C=N–C) groups is 1. The average molecular weight is 475 g/mol. The van der Waals surface area contributed by atoms with Gasteiger partial charge in [0.15, 0.2) is 5.96 Å². The van der Waals surface area contributed by atoms with E-state index in [9.17, 15) is 28.8 Å². The lowest BCUT2D eigenvalue weighted by Crippen LogP contribution is -2.56. The van der Waals surface area contributed by atoms with Gasteiger partial charge in [0, 0.05) is 13.5 Å². The number of carbonyl (C=O) groups is 6. The lowest BCUT2D eigenvalue weighted by atomic mass is 10.1. The van der Waals surface area contributed by atoms with Crippen molar-refractivity contribution in [1.82, 2.24) is 27.4 Å². The van der Waals surface area contributed by atoms with Gasteiger partial charge in [-0.25, -0.2) is 0 Å². The number of carboxylic acids is 1. The molecule has 0 aromatic heterocycles. The largest absolute Gasteiger partial charge is 0.481 e. The van der Waals surface area contributed by atoms with Crippen molar-refractivity contribution >= 4 is 41.8 Å². The van der Waals surface area contributed by atoms with Gasteiger partial charge in [-0.2, -0.15) is 0 Å². The Morgan fingerprint density at radius 3 is 2.00 bits per heavy atom. The number of amides is 4. The van der Waals surface area contributed by atoms with Crippen molar-refractivity contribution in [3.8, 4) is 0 Å². The molecule has 0 unspecified atom stereocenters. The third kappa shape index (κ3) is 14.0. The molecule has 33 heavy (non-hydrogen) atoms. The fourth-order valence-electron chi connectivity index (χ4n) is 2.44. The van der Waals surface area contributed by atoms with Crippen LogP contribution in [0, 0.1) is 0 Å². The molecule has 0 heterocycles. The Labute approximate surface area is 191 Å². The van der Waals surface area contributed by atoms with Gasteiger partial charge in [-0.15, -0.1) is 0 Å². The number of nitrogens with one attached hydrogen (secondary N) is 4. The Morgan fingerprint density at radius 2 is 1.52 bits per heavy atom. The summed E-state index contributed by atoms with van der Waals surface area (Å²) in [5, 5.41) is 18.3. The highest BCUT2D eigenvalue weighted by Gasteiger charge is 2.28. The second-order valence-corrected chi connectivity index (χ2v) is 7.02. The summed E-state index contributed by atoms with van der Waals surface area (Å²) in [6, 6.07) is -4.48. The Kier molecular flexibility index (Phi) is 15.2. The topological polar surface area (TPSA) is 270 Å². The Morgan fingerprint density at radius 1 is 0.939 bits per heavy atom. The molecule has 0 saturated carbocycles. The van der Waals surface area contributed by atoms with E-state index in [2.05, 4.69) is 26.3 Å². The molecule has 0 aromatic rings. The molecule has 4 amide bonds. The maximum absolute atomic E-state index is 12.5. The monoisotopic (exact) mass is 474 g/mol. The van der Waals surface area contributed by atoms with Crippen LogP contribution in [0.3, 0.4) is 0 Å². The van der Waals surface area contributed by atoms with Crippen LogP contribution in [-0.4, -0.2) is 77.7 Å². The molecule has 0 aliphatic rings. The van der Waals surface area contributed by atoms with E-state index in [4.69, 9.17) is 16.6 Å². The van der Waals surface area contributed by atoms with Crippen molar-refractivity contribution in [3.63, 3.8) is 0 Å². The van der Waals surface area contributed by atoms with Crippen molar-refractivity contribution in [1.29, 1.82) is 0 Å². The van der Waals surface area contributed by atoms with Gasteiger partial charge in [-0.3, -0.25) is 29.0 Å². The lowest BCUT2D eigenvalue weighted by molar-refractivity contribution is -0.141. The number of nitrogens with zero attached hydrogens (tertiary/aromatic N) is 1. The number of nitrogens with two attached hydrogens (primary N) is 2. The summed E-state index contributed by atoms with van der Waals surface area (Å²) in [6.07, 6.45) is 0.260. The van der Waals surface area contributed by atoms with Crippen LogP contribution >= 0.6 is 0 Å². The molecule has 0 saturated heterocycles. The van der Waals surface area contributed by atoms with Crippen LogP contribution in [0.1, 0.15) is 40.0 Å². The summed E-state index contributed by atoms with van der Waals surface area (Å²) in [4.78, 5) is 73.9. The predicted octanol–water partition coefficient (Wildman–Crippen LogP) is -3.13. The van der Waals surface area contributed by atoms with E-state index < -0.39 is 60.2 Å². The highest BCUT2D eigenvalue weighted by atomic mass is 16.4. The summed E-state index contributed by atoms with van der Waals surface area (Å²) >= 11 is 0. The zero-order valence-electron chi connectivity index (χ0n) is 18.9. The quantitative estimate of drug-likeness (QED) is 0.0542. The fraction of sp³-hybridized carbons (Fsp3) is 0.611. The second-order valence-electron chi connectivity index (χ2n) is 7.02. The maximum Gasteiger partial charge on any atom is 0.305 e. The Hall–Kier alpha value is -3.75. The van der Waals surface area contributed by atoms with Crippen molar-refractivity contribution in [2.75, 3.05) is 6.54 Å². The molecule has 0 rings (SSSR count). The van der Waals surface area contributed by atoms with E-state index in [0.29, 0.717) is 12.7 Å². The van der Waals surface area contributed by atoms with E-state index in [1.165, 1.54) is 20.8 Å². The smallest absolute Gasteiger partial charge is 0.305 e. The van der Waals surface area contributed by atoms with Crippen LogP contribution in [0.25, 0.3) is 0 Å². The second kappa shape index (κ2) is 16.0. The molecule has 15 heteroatoms. The molecular formula is C18H34N8O7. The standard InChI is InChI=1S/C18H31N7O7.H3N/c1-9(8-26)22-17(32)13(7-14(28)29)25-15(30)10(2)23-16(31)12(24-11(3)27)5-4-6-21-18(19)20;/h8-10,12-13H,4-7H2,1-3H3,(H,22,32)(H,23,31)(H,24,27)(H,25,30)(H,28,29)(H4,19,20,21);1H3/t9-,10-,12-,13-;/m0./s1. The molecule has 0 fully saturated rings. The third-order valence-corrected chi connectivity index (χ3v) is 3.98. The van der Waals surface area contributed by atoms with Crippen molar-refractivity contribution in [3.05, 3.63) is 0 Å². The van der Waals surface area contributed by atoms with Crippen LogP contribution in [0.2, 0.25) is 0 Å². The van der Waals surface area contributed by atoms with Crippen molar-refractivity contribution < 1.29 is 33.9 Å². The van der Waals surface area contributed by atoms with E-state index in [1.807, 2.05) is 0 Å². The first kappa shape index (κ1) is 31.4. The first-order valence-corrected chi connectivity index (χ1v) is 9.78. The van der Waals surface area contributed by atoms with Gasteiger partial charge in [0.05, 0.1) is 12.5 Å². The maximum atomic E-state index is 12.5. The van der Waals surface area contributed by atoms with E-state index >= 15 is 0 Å². The number of aldehydes is 1. The van der Waals surface area contributed by atoms with Crippen LogP contribution in [0.5, 0.6) is 0 Å². The van der Waals surface area contributed by atoms with Gasteiger partial charge in [-0.1, -0.05) is 0 Å². The Bertz CT molecular complexity index is 739. The van der Waals surface area contributed by atoms with Gasteiger partial charge in [0.25, 0.3) is 0 Å². The first-order chi connectivity index (χ1) is 14.9. The summed E-state index contributed by atoms with van der Waals surface area (Å²) < 4.78 is 0. The summed E-state index contributed by atoms with van der Waals surface area (Å²) in [5.41, 5.74) is 10.5. The Balaban J connectivity index is 0. The summed E-state index contributed by atoms with van der Waals surface area (Å²) in [7, 11) is 0. The summed E-state index contributed by atoms with van der Waals surface area (Å²) in [5.74, 6) is -4.30. The van der Waals surface area contributed by atoms with Gasteiger partial charge in [-0.05, 0) is 26.7 Å². The third-order valence-electron chi connectivity index (χ3n) is 3.98. The molecule has 0 aliphatic carbocycles. The molecular weight excluding hydrogens is 440 g/mol. The van der Waals surface area contributed by atoms with Gasteiger partial charge < -0.3 is 48.8 Å². The van der Waals surface area contributed by atoms with E-state index in [-0.39, 0.29) is 25.1 Å². The first-order valence-electron chi connectivity index (χ1n) is 9.78. The minimum absolute atomic E-state index is 0. The summed E-state index contributed by atoms with van der Waals surface area (Å²) in [6.45, 7) is 4.15. The van der Waals surface area contributed by atoms with Crippen LogP contribution in [0.15, 0.2) is 4.99 Å².